The molecule has 2 N–H and O–H groups in total. The maximum Gasteiger partial charge on any atom is 0.241 e. The number of ether oxygens (including phenoxy) is 6. The molecule has 15 heterocycles. The first kappa shape index (κ1) is 94.7. The summed E-state index contributed by atoms with van der Waals surface area (Å²) in [7, 11) is 0.873. The fraction of sp³-hybridized carbons (Fsp3) is 0.450. The fourth-order valence-electron chi connectivity index (χ4n) is 19.7. The Kier molecular flexibility index (Phi) is 25.7. The minimum atomic E-state index is -3.14. The molecule has 5 saturated carbocycles. The van der Waals surface area contributed by atoms with Crippen molar-refractivity contribution in [1.82, 2.24) is 39.0 Å². The first-order chi connectivity index (χ1) is 67.8. The average molecular weight is 1920 g/mol. The molecule has 5 aromatic heterocycles. The molecule has 0 bridgehead atoms. The van der Waals surface area contributed by atoms with Crippen molar-refractivity contribution in [3.8, 4) is 28.7 Å². The number of aliphatic imine (C=N–C) groups is 5. The minimum absolute atomic E-state index is 0.00193. The van der Waals surface area contributed by atoms with Crippen molar-refractivity contribution in [3.05, 3.63) is 266 Å². The number of aliphatic hydroxyl groups is 2. The number of morpholine rings is 1. The average Bonchev–Trinajstić information content (AvgIpc) is 1.65. The van der Waals surface area contributed by atoms with Crippen molar-refractivity contribution in [3.63, 3.8) is 0 Å². The predicted molar refractivity (Wildman–Crippen MR) is 551 cm³/mol. The minimum Gasteiger partial charge on any atom is -0.488 e. The van der Waals surface area contributed by atoms with Gasteiger partial charge in [-0.2, -0.15) is 4.31 Å². The third-order valence-electron chi connectivity index (χ3n) is 29.8. The maximum absolute atomic E-state index is 12.1. The zero-order valence-electron chi connectivity index (χ0n) is 82.7. The van der Waals surface area contributed by atoms with Crippen LogP contribution in [0.4, 0.5) is 29.1 Å². The fourth-order valence-corrected chi connectivity index (χ4v) is 20.6. The summed E-state index contributed by atoms with van der Waals surface area (Å²) >= 11 is 0. The van der Waals surface area contributed by atoms with Crippen LogP contribution in [0.1, 0.15) is 203 Å². The van der Waals surface area contributed by atoms with E-state index >= 15 is 0 Å². The van der Waals surface area contributed by atoms with Gasteiger partial charge in [-0.05, 0) is 276 Å². The summed E-state index contributed by atoms with van der Waals surface area (Å²) in [5.41, 5.74) is 22.2. The van der Waals surface area contributed by atoms with Crippen molar-refractivity contribution in [2.24, 2.45) is 25.0 Å². The van der Waals surface area contributed by atoms with Crippen LogP contribution in [0.2, 0.25) is 0 Å². The summed E-state index contributed by atoms with van der Waals surface area (Å²) < 4.78 is 61.7. The second kappa shape index (κ2) is 38.4. The third-order valence-corrected chi connectivity index (χ3v) is 31.2. The number of aromatic nitrogens is 5. The normalized spacial score (nSPS) is 22.9. The van der Waals surface area contributed by atoms with E-state index in [1.54, 1.807) is 23.5 Å². The molecule has 5 atom stereocenters. The highest BCUT2D eigenvalue weighted by atomic mass is 32.2. The van der Waals surface area contributed by atoms with Crippen molar-refractivity contribution >= 4 is 73.6 Å². The molecule has 5 saturated heterocycles. The monoisotopic (exact) mass is 1920 g/mol. The molecular weight excluding hydrogens is 1790 g/mol. The van der Waals surface area contributed by atoms with Gasteiger partial charge in [-0.3, -0.25) is 29.8 Å². The van der Waals surface area contributed by atoms with Gasteiger partial charge in [0.1, 0.15) is 91.9 Å². The number of hydrogen-bond acceptors (Lipinski definition) is 27. The van der Waals surface area contributed by atoms with Crippen molar-refractivity contribution in [1.29, 1.82) is 0 Å². The van der Waals surface area contributed by atoms with Crippen LogP contribution in [0.25, 0.3) is 0 Å². The Bertz CT molecular complexity index is 6720. The standard InChI is InChI=1S/C23H27N3O2.C22H26N4O3S.C22H24N4O2.C22H26N4O.C22H25N3O3/c1-15-13-26(14-16(2)27-15)21-10-17(6-9-24-21)22-20-11-19(28-23(3)7-8-23)5-4-18(20)12-25-22;1-22(6-7-22)29-18-4-3-17-15-24-21(19(17)14-18)16-5-8-23-20(13-16)25-9-11-26(12-10-25)30(2,27)28;1-22(6-7-22)28-17-4-3-16-13-24-21(18(16)12-17)15-5-8-23-19(11-15)26-10-9-25(2)20(27)14-26;1-22(6-7-22)27-18-4-3-17-15-24-21(19(17)14-18)16-5-8-23-20(13-16)26-11-9-25(2)10-12-26;1-13-21(27)18(26)12-25(13)19-9-14(5-8-23-19)20-17-10-16(28-22(2)6-7-22)4-3-15(17)11-24-20/h4-6,9-11,15-16H,7-8,12-14H2,1-3H3;3-5,8,13-14H,6-7,9-12,15H2,1-2H3;3-5,8,11-12H,6-7,9-10,13-14H2,1-2H3;3-5,8,13-14H,6-7,9-12,15H2,1-2H3;3-5,8-10,13,18,21,26-27H,6-7,11-12H2,1-2H3/t15-,16+;;;;13-,18-,21-/m....0/s1. The van der Waals surface area contributed by atoms with Gasteiger partial charge in [-0.15, -0.1) is 0 Å². The third kappa shape index (κ3) is 21.6. The maximum atomic E-state index is 12.1. The van der Waals surface area contributed by atoms with Crippen LogP contribution in [0.3, 0.4) is 0 Å². The van der Waals surface area contributed by atoms with E-state index in [0.29, 0.717) is 65.4 Å². The van der Waals surface area contributed by atoms with Gasteiger partial charge >= 0.3 is 0 Å². The Labute approximate surface area is 826 Å². The zero-order chi connectivity index (χ0) is 97.4. The van der Waals surface area contributed by atoms with Gasteiger partial charge in [-0.25, -0.2) is 33.3 Å². The van der Waals surface area contributed by atoms with Crippen LogP contribution >= 0.6 is 0 Å². The van der Waals surface area contributed by atoms with Crippen molar-refractivity contribution in [2.45, 2.75) is 211 Å². The first-order valence-electron chi connectivity index (χ1n) is 50.2. The van der Waals surface area contributed by atoms with E-state index in [2.05, 4.69) is 209 Å². The zero-order valence-corrected chi connectivity index (χ0v) is 83.6. The highest BCUT2D eigenvalue weighted by Crippen LogP contribution is 2.47. The van der Waals surface area contributed by atoms with E-state index in [1.165, 1.54) is 49.5 Å². The number of rotatable bonds is 21. The van der Waals surface area contributed by atoms with Crippen LogP contribution in [0, 0.1) is 0 Å². The molecule has 0 spiro atoms. The van der Waals surface area contributed by atoms with Crippen LogP contribution in [0.5, 0.6) is 28.7 Å². The molecular formula is C111H128N18O11S. The summed E-state index contributed by atoms with van der Waals surface area (Å²) in [6, 6.07) is 51.9. The molecule has 15 aliphatic rings. The van der Waals surface area contributed by atoms with E-state index in [4.69, 9.17) is 53.4 Å². The molecule has 29 nitrogen and oxygen atoms in total. The SMILES string of the molecule is CC1(Oc2ccc3c(c2)C(c2ccnc(N4CCN(S(C)(=O)=O)CC4)c2)=NC3)CC1.CN1CCN(c2cc(C3=NCc4ccc(OC5(C)CC5)cc43)ccn2)CC1.CN1CCN(c2cc(C3=NCc4ccc(OC5(C)CC5)cc43)ccn2)CC1=O.C[C@@H]1CN(c2cc(C3=NCc4ccc(OC5(C)CC5)cc43)ccn2)C[C@H](C)O1.C[C@H]1[C@H](O)[C@@H](O)CN1c1cc(C2=NCc3ccc(OC4(C)CC4)cc32)ccn1. The molecule has 5 aromatic carbocycles. The van der Waals surface area contributed by atoms with E-state index < -0.39 is 22.2 Å². The lowest BCUT2D eigenvalue weighted by molar-refractivity contribution is -0.129. The molecule has 10 aromatic rings. The summed E-state index contributed by atoms with van der Waals surface area (Å²) in [5.74, 6) is 9.19. The summed E-state index contributed by atoms with van der Waals surface area (Å²) in [6.07, 6.45) is 20.5. The quantitative estimate of drug-likeness (QED) is 0.0675. The largest absolute Gasteiger partial charge is 0.488 e. The number of fused-ring (bicyclic) bond motifs is 5. The van der Waals surface area contributed by atoms with E-state index in [0.717, 1.165) is 254 Å². The molecule has 5 aliphatic carbocycles. The van der Waals surface area contributed by atoms with Gasteiger partial charge < -0.3 is 72.9 Å². The number of benzene rings is 5. The number of anilines is 5. The van der Waals surface area contributed by atoms with Gasteiger partial charge in [0.05, 0.1) is 98.4 Å². The Morgan fingerprint density at radius 3 is 0.929 bits per heavy atom. The van der Waals surface area contributed by atoms with Gasteiger partial charge in [0, 0.05) is 179 Å². The van der Waals surface area contributed by atoms with E-state index in [-0.39, 0.29) is 52.2 Å². The summed E-state index contributed by atoms with van der Waals surface area (Å²) in [5, 5.41) is 20.1. The van der Waals surface area contributed by atoms with E-state index in [9.17, 15) is 23.4 Å². The number of hydrogen-bond donors (Lipinski definition) is 2. The van der Waals surface area contributed by atoms with Gasteiger partial charge in [-0.1, -0.05) is 30.3 Å². The topological polar surface area (TPSA) is 299 Å². The number of pyridine rings is 5. The van der Waals surface area contributed by atoms with Crippen molar-refractivity contribution in [2.75, 3.05) is 136 Å². The molecule has 1 amide bonds. The lowest BCUT2D eigenvalue weighted by Gasteiger charge is -2.36. The molecule has 0 unspecified atom stereocenters. The Balaban J connectivity index is 0.000000104. The Morgan fingerprint density at radius 1 is 0.355 bits per heavy atom. The number of carbonyl (C=O) groups is 1. The van der Waals surface area contributed by atoms with Crippen molar-refractivity contribution < 1.29 is 51.8 Å². The smallest absolute Gasteiger partial charge is 0.241 e. The summed E-state index contributed by atoms with van der Waals surface area (Å²) in [4.78, 5) is 73.7. The lowest BCUT2D eigenvalue weighted by atomic mass is 10.0. The number of β-amino-alcohol motifs (C(OH)–C–C–N with tert-alkyl or cyclic N) is 1. The lowest BCUT2D eigenvalue weighted by Crippen LogP contribution is -2.48. The first-order valence-corrected chi connectivity index (χ1v) is 52.0. The molecule has 30 heteroatoms. The second-order valence-corrected chi connectivity index (χ2v) is 44.0. The van der Waals surface area contributed by atoms with E-state index in [1.807, 2.05) is 78.6 Å². The van der Waals surface area contributed by atoms with Gasteiger partial charge in [0.15, 0.2) is 0 Å². The molecule has 0 radical (unpaired) electrons. The highest BCUT2D eigenvalue weighted by molar-refractivity contribution is 7.88. The van der Waals surface area contributed by atoms with Gasteiger partial charge in [0.25, 0.3) is 0 Å². The predicted octanol–water partition coefficient (Wildman–Crippen LogP) is 14.5. The number of amides is 1. The number of nitrogens with zero attached hydrogens (tertiary/aromatic N) is 18. The van der Waals surface area contributed by atoms with Gasteiger partial charge in [0.2, 0.25) is 15.9 Å². The highest BCUT2D eigenvalue weighted by Gasteiger charge is 2.46. The van der Waals surface area contributed by atoms with Crippen LogP contribution in [0.15, 0.2) is 208 Å². The molecule has 141 heavy (non-hydrogen) atoms. The molecule has 25 rings (SSSR count). The Hall–Kier alpha value is -12.6. The Morgan fingerprint density at radius 2 is 0.638 bits per heavy atom. The second-order valence-electron chi connectivity index (χ2n) is 42.0. The van der Waals surface area contributed by atoms with Crippen LogP contribution in [-0.2, 0) is 52.3 Å². The number of likely N-dealkylation sites (N-methyl/N-ethyl adjacent to an activating group) is 2. The molecule has 10 fully saturated rings. The molecule has 734 valence electrons. The number of aliphatic hydroxyl groups excluding tert-OH is 2. The molecule has 10 aliphatic heterocycles. The van der Waals surface area contributed by atoms with Crippen LogP contribution in [-0.4, -0.2) is 263 Å². The van der Waals surface area contributed by atoms with Crippen LogP contribution < -0.4 is 48.2 Å². The number of sulfonamides is 1. The summed E-state index contributed by atoms with van der Waals surface area (Å²) in [6.45, 7) is 30.8. The number of piperazine rings is 3. The number of carbonyl (C=O) groups excluding carboxylic acids is 1.